The maximum Gasteiger partial charge on any atom is 0.272 e. The topological polar surface area (TPSA) is 41.4 Å². The van der Waals surface area contributed by atoms with Crippen LogP contribution in [0.3, 0.4) is 0 Å². The summed E-state index contributed by atoms with van der Waals surface area (Å²) in [5, 5.41) is 1.15. The van der Waals surface area contributed by atoms with E-state index in [-0.39, 0.29) is 5.91 Å². The molecule has 1 amide bonds. The van der Waals surface area contributed by atoms with Crippen molar-refractivity contribution in [3.8, 4) is 0 Å². The second kappa shape index (κ2) is 7.88. The van der Waals surface area contributed by atoms with E-state index in [2.05, 4.69) is 66.7 Å². The number of fused-ring (bicyclic) bond motifs is 2. The molecule has 2 aromatic heterocycles. The van der Waals surface area contributed by atoms with Crippen molar-refractivity contribution in [3.05, 3.63) is 70.6 Å². The molecule has 0 atom stereocenters. The Labute approximate surface area is 184 Å². The number of hydrogen-bond donors (Lipinski definition) is 0. The largest absolute Gasteiger partial charge is 0.350 e. The van der Waals surface area contributed by atoms with Gasteiger partial charge in [-0.25, -0.2) is 4.98 Å². The van der Waals surface area contributed by atoms with Crippen LogP contribution in [0.15, 0.2) is 42.5 Å². The molecule has 0 fully saturated rings. The number of carbonyl (C=O) groups is 1. The molecule has 3 aromatic rings. The SMILES string of the molecule is CCn1c(C)c(C)c2cc(C(=O)N3CC=CCC3)nc(N3CCc4ccccc4C3)c21. The van der Waals surface area contributed by atoms with Crippen LogP contribution in [0.2, 0.25) is 0 Å². The number of hydrogen-bond acceptors (Lipinski definition) is 3. The van der Waals surface area contributed by atoms with Crippen molar-refractivity contribution < 1.29 is 4.79 Å². The van der Waals surface area contributed by atoms with Gasteiger partial charge in [0.1, 0.15) is 5.69 Å². The van der Waals surface area contributed by atoms with Crippen LogP contribution >= 0.6 is 0 Å². The highest BCUT2D eigenvalue weighted by Crippen LogP contribution is 2.35. The van der Waals surface area contributed by atoms with Crippen molar-refractivity contribution in [2.45, 2.75) is 46.7 Å². The lowest BCUT2D eigenvalue weighted by Gasteiger charge is -2.31. The van der Waals surface area contributed by atoms with Gasteiger partial charge in [-0.15, -0.1) is 0 Å². The van der Waals surface area contributed by atoms with Crippen LogP contribution in [0, 0.1) is 13.8 Å². The number of rotatable bonds is 3. The Kier molecular flexibility index (Phi) is 5.05. The van der Waals surface area contributed by atoms with Gasteiger partial charge in [-0.2, -0.15) is 0 Å². The Balaban J connectivity index is 1.65. The van der Waals surface area contributed by atoms with Gasteiger partial charge in [0.05, 0.1) is 5.52 Å². The van der Waals surface area contributed by atoms with Gasteiger partial charge in [0.2, 0.25) is 0 Å². The summed E-state index contributed by atoms with van der Waals surface area (Å²) in [6, 6.07) is 10.7. The van der Waals surface area contributed by atoms with Crippen molar-refractivity contribution in [2.24, 2.45) is 0 Å². The van der Waals surface area contributed by atoms with E-state index < -0.39 is 0 Å². The molecule has 0 spiro atoms. The van der Waals surface area contributed by atoms with E-state index in [0.29, 0.717) is 12.2 Å². The first kappa shape index (κ1) is 19.9. The molecule has 2 aliphatic heterocycles. The molecule has 1 aromatic carbocycles. The number of benzene rings is 1. The second-order valence-corrected chi connectivity index (χ2v) is 8.63. The molecule has 0 unspecified atom stereocenters. The summed E-state index contributed by atoms with van der Waals surface area (Å²) < 4.78 is 2.35. The monoisotopic (exact) mass is 414 g/mol. The van der Waals surface area contributed by atoms with E-state index in [1.165, 1.54) is 22.4 Å². The van der Waals surface area contributed by atoms with Crippen molar-refractivity contribution in [3.63, 3.8) is 0 Å². The fourth-order valence-electron chi connectivity index (χ4n) is 5.03. The lowest BCUT2D eigenvalue weighted by atomic mass is 10.00. The van der Waals surface area contributed by atoms with Gasteiger partial charge in [-0.1, -0.05) is 36.4 Å². The minimum Gasteiger partial charge on any atom is -0.350 e. The highest BCUT2D eigenvalue weighted by atomic mass is 16.2. The van der Waals surface area contributed by atoms with E-state index in [9.17, 15) is 4.79 Å². The van der Waals surface area contributed by atoms with E-state index in [1.807, 2.05) is 11.0 Å². The van der Waals surface area contributed by atoms with Gasteiger partial charge >= 0.3 is 0 Å². The Bertz CT molecular complexity index is 1190. The number of anilines is 1. The molecule has 5 heteroatoms. The van der Waals surface area contributed by atoms with Crippen LogP contribution in [0.25, 0.3) is 10.9 Å². The number of amides is 1. The summed E-state index contributed by atoms with van der Waals surface area (Å²) in [7, 11) is 0. The van der Waals surface area contributed by atoms with Crippen LogP contribution < -0.4 is 4.90 Å². The minimum atomic E-state index is 0.0335. The van der Waals surface area contributed by atoms with Crippen LogP contribution in [0.4, 0.5) is 5.82 Å². The van der Waals surface area contributed by atoms with Gasteiger partial charge in [-0.3, -0.25) is 4.79 Å². The Hall–Kier alpha value is -3.08. The van der Waals surface area contributed by atoms with Crippen molar-refractivity contribution in [2.75, 3.05) is 24.5 Å². The van der Waals surface area contributed by atoms with Gasteiger partial charge in [0.25, 0.3) is 5.91 Å². The molecule has 5 rings (SSSR count). The molecular weight excluding hydrogens is 384 g/mol. The number of aromatic nitrogens is 2. The van der Waals surface area contributed by atoms with E-state index in [4.69, 9.17) is 4.98 Å². The molecule has 4 heterocycles. The second-order valence-electron chi connectivity index (χ2n) is 8.63. The lowest BCUT2D eigenvalue weighted by Crippen LogP contribution is -2.35. The van der Waals surface area contributed by atoms with E-state index in [0.717, 1.165) is 55.7 Å². The summed E-state index contributed by atoms with van der Waals surface area (Å²) in [5.74, 6) is 0.979. The maximum atomic E-state index is 13.4. The molecule has 0 bridgehead atoms. The third-order valence-electron chi connectivity index (χ3n) is 6.91. The first-order valence-electron chi connectivity index (χ1n) is 11.3. The fraction of sp³-hybridized carbons (Fsp3) is 0.385. The standard InChI is InChI=1S/C26H30N4O/c1-4-30-19(3)18(2)22-16-23(26(31)28-13-8-5-9-14-28)27-25(24(22)30)29-15-12-20-10-6-7-11-21(20)17-29/h5-8,10-11,16H,4,9,12-15,17H2,1-3H3. The van der Waals surface area contributed by atoms with Gasteiger partial charge in [-0.05, 0) is 56.4 Å². The summed E-state index contributed by atoms with van der Waals surface area (Å²) in [6.45, 7) is 10.6. The highest BCUT2D eigenvalue weighted by Gasteiger charge is 2.26. The highest BCUT2D eigenvalue weighted by molar-refractivity contribution is 6.01. The predicted octanol–water partition coefficient (Wildman–Crippen LogP) is 4.64. The normalized spacial score (nSPS) is 16.1. The third kappa shape index (κ3) is 3.32. The van der Waals surface area contributed by atoms with Crippen molar-refractivity contribution >= 4 is 22.6 Å². The van der Waals surface area contributed by atoms with Crippen LogP contribution in [-0.4, -0.2) is 40.0 Å². The average Bonchev–Trinajstić information content (AvgIpc) is 3.07. The zero-order valence-electron chi connectivity index (χ0n) is 18.7. The third-order valence-corrected chi connectivity index (χ3v) is 6.91. The minimum absolute atomic E-state index is 0.0335. The predicted molar refractivity (Wildman–Crippen MR) is 126 cm³/mol. The number of nitrogens with zero attached hydrogens (tertiary/aromatic N) is 4. The number of pyridine rings is 1. The lowest BCUT2D eigenvalue weighted by molar-refractivity contribution is 0.0765. The molecule has 0 N–H and O–H groups in total. The zero-order valence-corrected chi connectivity index (χ0v) is 18.7. The molecule has 0 saturated heterocycles. The average molecular weight is 415 g/mol. The van der Waals surface area contributed by atoms with Crippen LogP contribution in [0.1, 0.15) is 46.2 Å². The van der Waals surface area contributed by atoms with E-state index >= 15 is 0 Å². The summed E-state index contributed by atoms with van der Waals surface area (Å²) in [6.07, 6.45) is 6.13. The smallest absolute Gasteiger partial charge is 0.272 e. The number of aryl methyl sites for hydroxylation is 2. The summed E-state index contributed by atoms with van der Waals surface area (Å²) >= 11 is 0. The molecule has 160 valence electrons. The van der Waals surface area contributed by atoms with E-state index in [1.54, 1.807) is 0 Å². The molecule has 0 aliphatic carbocycles. The molecular formula is C26H30N4O. The Morgan fingerprint density at radius 1 is 1.10 bits per heavy atom. The maximum absolute atomic E-state index is 13.4. The van der Waals surface area contributed by atoms with Crippen molar-refractivity contribution in [1.29, 1.82) is 0 Å². The first-order valence-corrected chi connectivity index (χ1v) is 11.3. The zero-order chi connectivity index (χ0) is 21.5. The van der Waals surface area contributed by atoms with Crippen molar-refractivity contribution in [1.82, 2.24) is 14.5 Å². The first-order chi connectivity index (χ1) is 15.1. The molecule has 2 aliphatic rings. The molecule has 0 radical (unpaired) electrons. The molecule has 31 heavy (non-hydrogen) atoms. The molecule has 0 saturated carbocycles. The van der Waals surface area contributed by atoms with Gasteiger partial charge < -0.3 is 14.4 Å². The van der Waals surface area contributed by atoms with Crippen LogP contribution in [0.5, 0.6) is 0 Å². The fourth-order valence-corrected chi connectivity index (χ4v) is 5.03. The van der Waals surface area contributed by atoms with Gasteiger partial charge in [0, 0.05) is 43.8 Å². The Morgan fingerprint density at radius 3 is 2.65 bits per heavy atom. The van der Waals surface area contributed by atoms with Crippen LogP contribution in [-0.2, 0) is 19.5 Å². The quantitative estimate of drug-likeness (QED) is 0.587. The van der Waals surface area contributed by atoms with Gasteiger partial charge in [0.15, 0.2) is 5.82 Å². The molecule has 5 nitrogen and oxygen atoms in total. The number of carbonyl (C=O) groups excluding carboxylic acids is 1. The summed E-state index contributed by atoms with van der Waals surface area (Å²) in [4.78, 5) is 22.6. The summed E-state index contributed by atoms with van der Waals surface area (Å²) in [5.41, 5.74) is 6.99. The Morgan fingerprint density at radius 2 is 1.90 bits per heavy atom.